The Morgan fingerprint density at radius 2 is 1.90 bits per heavy atom. The molecule has 0 aliphatic rings. The molecule has 152 valence electrons. The molecule has 0 spiro atoms. The molecule has 0 saturated carbocycles. The van der Waals surface area contributed by atoms with E-state index in [0.717, 1.165) is 46.5 Å². The average Bonchev–Trinajstić information content (AvgIpc) is 3.22. The van der Waals surface area contributed by atoms with E-state index in [2.05, 4.69) is 20.5 Å². The second-order valence-electron chi connectivity index (χ2n) is 6.92. The quantitative estimate of drug-likeness (QED) is 0.327. The highest BCUT2D eigenvalue weighted by Gasteiger charge is 2.20. The smallest absolute Gasteiger partial charge is 0.338 e. The van der Waals surface area contributed by atoms with E-state index in [1.165, 1.54) is 0 Å². The number of aryl methyl sites for hydroxylation is 1. The Morgan fingerprint density at radius 3 is 2.67 bits per heavy atom. The summed E-state index contributed by atoms with van der Waals surface area (Å²) >= 11 is 0. The van der Waals surface area contributed by atoms with Crippen molar-refractivity contribution in [2.24, 2.45) is 0 Å². The summed E-state index contributed by atoms with van der Waals surface area (Å²) < 4.78 is 5.32. The molecule has 0 radical (unpaired) electrons. The van der Waals surface area contributed by atoms with Crippen molar-refractivity contribution >= 4 is 22.7 Å². The van der Waals surface area contributed by atoms with E-state index >= 15 is 0 Å². The van der Waals surface area contributed by atoms with Crippen LogP contribution in [0.3, 0.4) is 0 Å². The van der Waals surface area contributed by atoms with Gasteiger partial charge in [0.1, 0.15) is 11.5 Å². The van der Waals surface area contributed by atoms with Crippen LogP contribution in [0.25, 0.3) is 22.2 Å². The first-order valence-electron chi connectivity index (χ1n) is 10.2. The Labute approximate surface area is 175 Å². The highest BCUT2D eigenvalue weighted by Crippen LogP contribution is 2.32. The molecule has 2 aromatic heterocycles. The van der Waals surface area contributed by atoms with Crippen molar-refractivity contribution in [1.82, 2.24) is 15.2 Å². The molecule has 2 aromatic carbocycles. The molecule has 30 heavy (non-hydrogen) atoms. The summed E-state index contributed by atoms with van der Waals surface area (Å²) in [5, 5.41) is 12.0. The van der Waals surface area contributed by atoms with Gasteiger partial charge in [-0.25, -0.2) is 9.78 Å². The number of carbonyl (C=O) groups excluding carboxylic acids is 1. The van der Waals surface area contributed by atoms with Crippen molar-refractivity contribution in [3.05, 3.63) is 78.0 Å². The van der Waals surface area contributed by atoms with Crippen molar-refractivity contribution in [3.63, 3.8) is 0 Å². The summed E-state index contributed by atoms with van der Waals surface area (Å²) in [7, 11) is 0. The summed E-state index contributed by atoms with van der Waals surface area (Å²) in [6.07, 6.45) is 3.31. The maximum absolute atomic E-state index is 12.7. The Hall–Kier alpha value is -3.67. The lowest BCUT2D eigenvalue weighted by Crippen LogP contribution is -2.10. The molecule has 0 fully saturated rings. The van der Waals surface area contributed by atoms with Gasteiger partial charge in [0.15, 0.2) is 0 Å². The van der Waals surface area contributed by atoms with E-state index in [4.69, 9.17) is 4.74 Å². The second-order valence-corrected chi connectivity index (χ2v) is 6.92. The number of pyridine rings is 1. The Balaban J connectivity index is 1.67. The minimum Gasteiger partial charge on any atom is -0.462 e. The number of benzene rings is 2. The average molecular weight is 400 g/mol. The van der Waals surface area contributed by atoms with Crippen LogP contribution in [0.1, 0.15) is 29.3 Å². The number of nitrogens with one attached hydrogen (secondary N) is 2. The zero-order valence-corrected chi connectivity index (χ0v) is 16.9. The third-order valence-electron chi connectivity index (χ3n) is 4.95. The first kappa shape index (κ1) is 19.6. The van der Waals surface area contributed by atoms with Gasteiger partial charge in [-0.15, -0.1) is 0 Å². The van der Waals surface area contributed by atoms with Crippen molar-refractivity contribution < 1.29 is 9.53 Å². The molecule has 4 rings (SSSR count). The number of aromatic amines is 1. The molecule has 4 aromatic rings. The van der Waals surface area contributed by atoms with Crippen LogP contribution in [0, 0.1) is 0 Å². The lowest BCUT2D eigenvalue weighted by molar-refractivity contribution is 0.0525. The van der Waals surface area contributed by atoms with E-state index in [1.54, 1.807) is 6.20 Å². The molecule has 2 N–H and O–H groups in total. The summed E-state index contributed by atoms with van der Waals surface area (Å²) in [5.74, 6) is 0.543. The number of aromatic nitrogens is 3. The zero-order chi connectivity index (χ0) is 20.8. The molecule has 0 bridgehead atoms. The second kappa shape index (κ2) is 9.22. The first-order valence-corrected chi connectivity index (χ1v) is 10.2. The Bertz CT molecular complexity index is 1120. The lowest BCUT2D eigenvalue weighted by atomic mass is 9.95. The maximum atomic E-state index is 12.7. The van der Waals surface area contributed by atoms with Crippen LogP contribution >= 0.6 is 0 Å². The van der Waals surface area contributed by atoms with Crippen molar-refractivity contribution in [2.75, 3.05) is 18.5 Å². The van der Waals surface area contributed by atoms with Gasteiger partial charge in [-0.05, 0) is 49.6 Å². The number of hydrogen-bond donors (Lipinski definition) is 2. The van der Waals surface area contributed by atoms with Crippen molar-refractivity contribution in [1.29, 1.82) is 0 Å². The molecular formula is C24H24N4O2. The van der Waals surface area contributed by atoms with E-state index in [0.29, 0.717) is 18.6 Å². The van der Waals surface area contributed by atoms with E-state index < -0.39 is 0 Å². The third-order valence-corrected chi connectivity index (χ3v) is 4.95. The van der Waals surface area contributed by atoms with Crippen LogP contribution in [0.4, 0.5) is 5.82 Å². The summed E-state index contributed by atoms with van der Waals surface area (Å²) in [4.78, 5) is 16.9. The van der Waals surface area contributed by atoms with Crippen molar-refractivity contribution in [2.45, 2.75) is 19.8 Å². The highest BCUT2D eigenvalue weighted by molar-refractivity contribution is 6.02. The SMILES string of the molecule is CCOC(=O)c1ccc2[nH]nc(-c3ccccc3)c2c1CCCNc1ccccn1. The van der Waals surface area contributed by atoms with Gasteiger partial charge in [0, 0.05) is 23.7 Å². The van der Waals surface area contributed by atoms with Gasteiger partial charge in [-0.3, -0.25) is 5.10 Å². The Kier molecular flexibility index (Phi) is 6.03. The molecule has 0 aliphatic heterocycles. The number of carbonyl (C=O) groups is 1. The van der Waals surface area contributed by atoms with Gasteiger partial charge in [0.05, 0.1) is 17.7 Å². The fourth-order valence-electron chi connectivity index (χ4n) is 3.60. The maximum Gasteiger partial charge on any atom is 0.338 e. The molecule has 0 amide bonds. The number of ether oxygens (including phenoxy) is 1. The van der Waals surface area contributed by atoms with Gasteiger partial charge >= 0.3 is 5.97 Å². The largest absolute Gasteiger partial charge is 0.462 e. The number of esters is 1. The monoisotopic (exact) mass is 400 g/mol. The van der Waals surface area contributed by atoms with Crippen molar-refractivity contribution in [3.8, 4) is 11.3 Å². The molecule has 0 atom stereocenters. The number of hydrogen-bond acceptors (Lipinski definition) is 5. The van der Waals surface area contributed by atoms with Crippen LogP contribution in [0.5, 0.6) is 0 Å². The van der Waals surface area contributed by atoms with Gasteiger partial charge in [-0.2, -0.15) is 5.10 Å². The molecular weight excluding hydrogens is 376 g/mol. The standard InChI is InChI=1S/C24H24N4O2/c1-2-30-24(29)19-13-14-20-22(23(28-27-20)17-9-4-3-5-10-17)18(19)11-8-16-26-21-12-6-7-15-25-21/h3-7,9-10,12-15H,2,8,11,16H2,1H3,(H,25,26)(H,27,28). The topological polar surface area (TPSA) is 79.9 Å². The third kappa shape index (κ3) is 4.17. The fourth-order valence-corrected chi connectivity index (χ4v) is 3.60. The molecule has 2 heterocycles. The molecule has 0 saturated heterocycles. The minimum atomic E-state index is -0.299. The van der Waals surface area contributed by atoms with E-state index in [-0.39, 0.29) is 5.97 Å². The van der Waals surface area contributed by atoms with Crippen LogP contribution in [0.15, 0.2) is 66.9 Å². The Morgan fingerprint density at radius 1 is 1.07 bits per heavy atom. The molecule has 6 nitrogen and oxygen atoms in total. The lowest BCUT2D eigenvalue weighted by Gasteiger charge is -2.12. The van der Waals surface area contributed by atoms with Crippen LogP contribution in [0.2, 0.25) is 0 Å². The van der Waals surface area contributed by atoms with E-state index in [9.17, 15) is 4.79 Å². The van der Waals surface area contributed by atoms with Gasteiger partial charge in [-0.1, -0.05) is 36.4 Å². The predicted octanol–water partition coefficient (Wildman–Crippen LogP) is 4.85. The minimum absolute atomic E-state index is 0.299. The van der Waals surface area contributed by atoms with Gasteiger partial charge < -0.3 is 10.1 Å². The van der Waals surface area contributed by atoms with Crippen LogP contribution in [-0.4, -0.2) is 34.3 Å². The number of anilines is 1. The van der Waals surface area contributed by atoms with Gasteiger partial charge in [0.2, 0.25) is 0 Å². The summed E-state index contributed by atoms with van der Waals surface area (Å²) in [5.41, 5.74) is 4.33. The summed E-state index contributed by atoms with van der Waals surface area (Å²) in [6, 6.07) is 19.5. The zero-order valence-electron chi connectivity index (χ0n) is 16.9. The van der Waals surface area contributed by atoms with Gasteiger partial charge in [0.25, 0.3) is 0 Å². The number of H-pyrrole nitrogens is 1. The van der Waals surface area contributed by atoms with Crippen LogP contribution < -0.4 is 5.32 Å². The predicted molar refractivity (Wildman–Crippen MR) is 119 cm³/mol. The number of nitrogens with zero attached hydrogens (tertiary/aromatic N) is 2. The highest BCUT2D eigenvalue weighted by atomic mass is 16.5. The molecule has 0 aliphatic carbocycles. The summed E-state index contributed by atoms with van der Waals surface area (Å²) in [6.45, 7) is 2.91. The number of rotatable bonds is 8. The van der Waals surface area contributed by atoms with E-state index in [1.807, 2.05) is 67.6 Å². The fraction of sp³-hybridized carbons (Fsp3) is 0.208. The molecule has 0 unspecified atom stereocenters. The first-order chi connectivity index (χ1) is 14.8. The molecule has 6 heteroatoms. The normalized spacial score (nSPS) is 10.8. The number of fused-ring (bicyclic) bond motifs is 1. The van der Waals surface area contributed by atoms with Crippen LogP contribution in [-0.2, 0) is 11.2 Å².